The van der Waals surface area contributed by atoms with Crippen LogP contribution in [0, 0.1) is 18.3 Å². The lowest BCUT2D eigenvalue weighted by Gasteiger charge is -2.13. The van der Waals surface area contributed by atoms with Gasteiger partial charge in [-0.3, -0.25) is 4.79 Å². The summed E-state index contributed by atoms with van der Waals surface area (Å²) >= 11 is 0. The van der Waals surface area contributed by atoms with E-state index in [0.717, 1.165) is 23.3 Å². The van der Waals surface area contributed by atoms with Gasteiger partial charge in [-0.25, -0.2) is 0 Å². The molecule has 5 nitrogen and oxygen atoms in total. The number of nitrogens with zero attached hydrogens (tertiary/aromatic N) is 1. The number of methoxy groups -OCH3 is 1. The molecule has 3 aromatic rings. The van der Waals surface area contributed by atoms with E-state index >= 15 is 0 Å². The second-order valence-corrected chi connectivity index (χ2v) is 6.49. The molecular formula is C23H22N2O3. The summed E-state index contributed by atoms with van der Waals surface area (Å²) in [5, 5.41) is 9.40. The van der Waals surface area contributed by atoms with Crippen molar-refractivity contribution < 1.29 is 9.47 Å². The van der Waals surface area contributed by atoms with E-state index in [1.54, 1.807) is 20.1 Å². The van der Waals surface area contributed by atoms with Gasteiger partial charge in [0.2, 0.25) is 0 Å². The zero-order chi connectivity index (χ0) is 20.1. The van der Waals surface area contributed by atoms with E-state index in [9.17, 15) is 10.1 Å². The van der Waals surface area contributed by atoms with Crippen molar-refractivity contribution in [3.8, 4) is 28.7 Å². The van der Waals surface area contributed by atoms with Crippen LogP contribution in [0.25, 0.3) is 11.1 Å². The van der Waals surface area contributed by atoms with Crippen molar-refractivity contribution in [3.05, 3.63) is 81.3 Å². The van der Waals surface area contributed by atoms with Crippen LogP contribution in [0.5, 0.6) is 11.5 Å². The quantitative estimate of drug-likeness (QED) is 0.695. The van der Waals surface area contributed by atoms with Crippen LogP contribution in [0.15, 0.2) is 53.3 Å². The second-order valence-electron chi connectivity index (χ2n) is 6.49. The Morgan fingerprint density at radius 1 is 1.11 bits per heavy atom. The minimum Gasteiger partial charge on any atom is -0.496 e. The Morgan fingerprint density at radius 2 is 1.86 bits per heavy atom. The second kappa shape index (κ2) is 8.45. The van der Waals surface area contributed by atoms with E-state index in [2.05, 4.69) is 11.9 Å². The van der Waals surface area contributed by atoms with Gasteiger partial charge in [0.05, 0.1) is 7.11 Å². The summed E-state index contributed by atoms with van der Waals surface area (Å²) in [6.07, 6.45) is 0.979. The van der Waals surface area contributed by atoms with E-state index in [1.807, 2.05) is 48.5 Å². The van der Waals surface area contributed by atoms with Crippen molar-refractivity contribution in [1.29, 1.82) is 5.26 Å². The predicted octanol–water partition coefficient (Wildman–Crippen LogP) is 4.37. The number of aromatic amines is 1. The number of aromatic nitrogens is 1. The number of nitriles is 1. The molecular weight excluding hydrogens is 352 g/mol. The molecule has 2 aromatic carbocycles. The molecule has 0 bridgehead atoms. The zero-order valence-corrected chi connectivity index (χ0v) is 16.2. The Bertz CT molecular complexity index is 1080. The van der Waals surface area contributed by atoms with Gasteiger partial charge in [0.25, 0.3) is 5.56 Å². The summed E-state index contributed by atoms with van der Waals surface area (Å²) in [4.78, 5) is 14.8. The molecule has 0 fully saturated rings. The highest BCUT2D eigenvalue weighted by Crippen LogP contribution is 2.29. The molecule has 3 rings (SSSR count). The van der Waals surface area contributed by atoms with Crippen molar-refractivity contribution in [3.63, 3.8) is 0 Å². The van der Waals surface area contributed by atoms with Crippen LogP contribution in [-0.4, -0.2) is 12.1 Å². The normalized spacial score (nSPS) is 10.4. The number of pyridine rings is 1. The van der Waals surface area contributed by atoms with E-state index in [-0.39, 0.29) is 11.1 Å². The maximum atomic E-state index is 12.1. The minimum atomic E-state index is -0.387. The first-order chi connectivity index (χ1) is 13.5. The summed E-state index contributed by atoms with van der Waals surface area (Å²) in [5.41, 5.74) is 3.86. The van der Waals surface area contributed by atoms with Crippen LogP contribution in [0.2, 0.25) is 0 Å². The molecule has 0 saturated heterocycles. The molecule has 0 aliphatic carbocycles. The fourth-order valence-corrected chi connectivity index (χ4v) is 3.07. The first kappa shape index (κ1) is 19.2. The molecule has 0 atom stereocenters. The molecule has 28 heavy (non-hydrogen) atoms. The fourth-order valence-electron chi connectivity index (χ4n) is 3.07. The molecule has 0 saturated carbocycles. The summed E-state index contributed by atoms with van der Waals surface area (Å²) in [6, 6.07) is 17.3. The third kappa shape index (κ3) is 4.07. The third-order valence-corrected chi connectivity index (χ3v) is 4.60. The largest absolute Gasteiger partial charge is 0.496 e. The van der Waals surface area contributed by atoms with E-state index in [4.69, 9.17) is 9.47 Å². The SMILES string of the molecule is CCc1ccc(OCc2cc(-c3cc(C)[nH]c(=O)c3C#N)ccc2OC)cc1. The summed E-state index contributed by atoms with van der Waals surface area (Å²) in [5.74, 6) is 1.46. The van der Waals surface area contributed by atoms with Crippen molar-refractivity contribution in [2.24, 2.45) is 0 Å². The molecule has 0 spiro atoms. The Kier molecular flexibility index (Phi) is 5.81. The number of H-pyrrole nitrogens is 1. The van der Waals surface area contributed by atoms with Crippen LogP contribution in [0.3, 0.4) is 0 Å². The molecule has 0 aliphatic rings. The Morgan fingerprint density at radius 3 is 2.50 bits per heavy atom. The average molecular weight is 374 g/mol. The van der Waals surface area contributed by atoms with Gasteiger partial charge in [-0.1, -0.05) is 25.1 Å². The molecule has 1 N–H and O–H groups in total. The summed E-state index contributed by atoms with van der Waals surface area (Å²) in [7, 11) is 1.60. The fraction of sp³-hybridized carbons (Fsp3) is 0.217. The van der Waals surface area contributed by atoms with Crippen LogP contribution in [0.4, 0.5) is 0 Å². The van der Waals surface area contributed by atoms with Crippen molar-refractivity contribution in [2.45, 2.75) is 26.9 Å². The molecule has 0 aliphatic heterocycles. The Balaban J connectivity index is 1.94. The van der Waals surface area contributed by atoms with Crippen LogP contribution >= 0.6 is 0 Å². The lowest BCUT2D eigenvalue weighted by atomic mass is 9.99. The van der Waals surface area contributed by atoms with Gasteiger partial charge in [0.15, 0.2) is 0 Å². The topological polar surface area (TPSA) is 75.1 Å². The van der Waals surface area contributed by atoms with Crippen molar-refractivity contribution in [2.75, 3.05) is 7.11 Å². The lowest BCUT2D eigenvalue weighted by molar-refractivity contribution is 0.296. The number of aryl methyl sites for hydroxylation is 2. The highest BCUT2D eigenvalue weighted by Gasteiger charge is 2.13. The average Bonchev–Trinajstić information content (AvgIpc) is 2.72. The first-order valence-electron chi connectivity index (χ1n) is 9.08. The molecule has 142 valence electrons. The van der Waals surface area contributed by atoms with Gasteiger partial charge >= 0.3 is 0 Å². The number of rotatable bonds is 6. The van der Waals surface area contributed by atoms with E-state index < -0.39 is 0 Å². The van der Waals surface area contributed by atoms with Crippen LogP contribution in [0.1, 0.15) is 29.3 Å². The third-order valence-electron chi connectivity index (χ3n) is 4.60. The monoisotopic (exact) mass is 374 g/mol. The molecule has 0 amide bonds. The predicted molar refractivity (Wildman–Crippen MR) is 109 cm³/mol. The van der Waals surface area contributed by atoms with E-state index in [0.29, 0.717) is 23.6 Å². The van der Waals surface area contributed by atoms with Gasteiger partial charge in [-0.2, -0.15) is 5.26 Å². The number of benzene rings is 2. The van der Waals surface area contributed by atoms with Crippen molar-refractivity contribution in [1.82, 2.24) is 4.98 Å². The van der Waals surface area contributed by atoms with Gasteiger partial charge < -0.3 is 14.5 Å². The van der Waals surface area contributed by atoms with Gasteiger partial charge in [0.1, 0.15) is 29.7 Å². The molecule has 1 heterocycles. The van der Waals surface area contributed by atoms with Crippen LogP contribution in [-0.2, 0) is 13.0 Å². The zero-order valence-electron chi connectivity index (χ0n) is 16.2. The smallest absolute Gasteiger partial charge is 0.266 e. The minimum absolute atomic E-state index is 0.0952. The standard InChI is InChI=1S/C23H22N2O3/c1-4-16-5-8-19(9-6-16)28-14-18-12-17(7-10-22(18)27-3)20-11-15(2)25-23(26)21(20)13-24/h5-12H,4,14H2,1-3H3,(H,25,26). The molecule has 0 radical (unpaired) electrons. The van der Waals surface area contributed by atoms with Gasteiger partial charge in [0, 0.05) is 16.8 Å². The highest BCUT2D eigenvalue weighted by atomic mass is 16.5. The molecule has 0 unspecified atom stereocenters. The molecule has 5 heteroatoms. The summed E-state index contributed by atoms with van der Waals surface area (Å²) < 4.78 is 11.4. The maximum absolute atomic E-state index is 12.1. The number of nitrogens with one attached hydrogen (secondary N) is 1. The molecule has 1 aromatic heterocycles. The number of hydrogen-bond acceptors (Lipinski definition) is 4. The Labute approximate surface area is 164 Å². The van der Waals surface area contributed by atoms with Crippen LogP contribution < -0.4 is 15.0 Å². The highest BCUT2D eigenvalue weighted by molar-refractivity contribution is 5.71. The Hall–Kier alpha value is -3.52. The van der Waals surface area contributed by atoms with Crippen molar-refractivity contribution >= 4 is 0 Å². The summed E-state index contributed by atoms with van der Waals surface area (Å²) in [6.45, 7) is 4.21. The lowest BCUT2D eigenvalue weighted by Crippen LogP contribution is -2.12. The van der Waals surface area contributed by atoms with Gasteiger partial charge in [-0.05, 0) is 54.8 Å². The van der Waals surface area contributed by atoms with E-state index in [1.165, 1.54) is 5.56 Å². The number of ether oxygens (including phenoxy) is 2. The van der Waals surface area contributed by atoms with Gasteiger partial charge in [-0.15, -0.1) is 0 Å². The first-order valence-corrected chi connectivity index (χ1v) is 9.08. The maximum Gasteiger partial charge on any atom is 0.266 e. The number of hydrogen-bond donors (Lipinski definition) is 1.